The van der Waals surface area contributed by atoms with Gasteiger partial charge in [-0.25, -0.2) is 0 Å². The van der Waals surface area contributed by atoms with Crippen LogP contribution in [0.2, 0.25) is 0 Å². The van der Waals surface area contributed by atoms with Gasteiger partial charge in [0.15, 0.2) is 0 Å². The van der Waals surface area contributed by atoms with Crippen molar-refractivity contribution < 1.29 is 9.59 Å². The maximum atomic E-state index is 13.1. The number of amides is 2. The average molecular weight is 397 g/mol. The van der Waals surface area contributed by atoms with Gasteiger partial charge in [-0.2, -0.15) is 0 Å². The molecular formula is C25H23N3O2. The molecule has 1 fully saturated rings. The second kappa shape index (κ2) is 7.67. The number of carbonyl (C=O) groups excluding carboxylic acids is 2. The number of para-hydroxylation sites is 1. The van der Waals surface area contributed by atoms with Crippen LogP contribution < -0.4 is 10.6 Å². The Morgan fingerprint density at radius 3 is 2.33 bits per heavy atom. The molecule has 2 aliphatic rings. The number of benzene rings is 3. The minimum absolute atomic E-state index is 0.0142. The predicted molar refractivity (Wildman–Crippen MR) is 118 cm³/mol. The van der Waals surface area contributed by atoms with Crippen molar-refractivity contribution in [1.29, 1.82) is 0 Å². The summed E-state index contributed by atoms with van der Waals surface area (Å²) in [6, 6.07) is 23.4. The molecule has 3 aromatic rings. The third-order valence-electron chi connectivity index (χ3n) is 6.01. The number of fused-ring (bicyclic) bond motifs is 2. The van der Waals surface area contributed by atoms with Gasteiger partial charge < -0.3 is 15.5 Å². The van der Waals surface area contributed by atoms with Crippen LogP contribution in [-0.2, 0) is 0 Å². The lowest BCUT2D eigenvalue weighted by Gasteiger charge is -2.32. The van der Waals surface area contributed by atoms with Gasteiger partial charge in [0.25, 0.3) is 11.8 Å². The second-order valence-electron chi connectivity index (χ2n) is 7.86. The molecule has 5 rings (SSSR count). The molecule has 0 aliphatic carbocycles. The molecule has 0 saturated carbocycles. The summed E-state index contributed by atoms with van der Waals surface area (Å²) in [5, 5.41) is 6.23. The van der Waals surface area contributed by atoms with Crippen LogP contribution in [0.25, 0.3) is 0 Å². The number of hydrogen-bond acceptors (Lipinski definition) is 3. The number of likely N-dealkylation sites (tertiary alicyclic amines) is 1. The molecule has 2 heterocycles. The Bertz CT molecular complexity index is 1100. The molecule has 0 aromatic heterocycles. The Morgan fingerprint density at radius 2 is 1.53 bits per heavy atom. The molecule has 1 saturated heterocycles. The zero-order chi connectivity index (χ0) is 20.5. The van der Waals surface area contributed by atoms with Crippen LogP contribution in [0.5, 0.6) is 0 Å². The molecule has 2 aliphatic heterocycles. The molecular weight excluding hydrogens is 374 g/mol. The van der Waals surface area contributed by atoms with Crippen molar-refractivity contribution in [3.63, 3.8) is 0 Å². The summed E-state index contributed by atoms with van der Waals surface area (Å²) in [5.74, 6) is 0.342. The normalized spacial score (nSPS) is 16.0. The first kappa shape index (κ1) is 18.4. The Kier molecular flexibility index (Phi) is 4.71. The fraction of sp³-hybridized carbons (Fsp3) is 0.200. The lowest BCUT2D eigenvalue weighted by atomic mass is 9.89. The minimum atomic E-state index is -0.176. The standard InChI is InChI=1S/C25H23N3O2/c29-24-20-8-4-5-9-21(20)26-22-11-10-19(16-23(22)27-24)25(30)28-14-12-18(13-15-28)17-6-2-1-3-7-17/h1-11,16,18,26H,12-15H2,(H,27,29). The van der Waals surface area contributed by atoms with Gasteiger partial charge >= 0.3 is 0 Å². The number of nitrogens with zero attached hydrogens (tertiary/aromatic N) is 1. The second-order valence-corrected chi connectivity index (χ2v) is 7.86. The first-order valence-corrected chi connectivity index (χ1v) is 10.3. The molecule has 0 atom stereocenters. The Hall–Kier alpha value is -3.60. The van der Waals surface area contributed by atoms with Gasteiger partial charge in [-0.05, 0) is 54.7 Å². The zero-order valence-corrected chi connectivity index (χ0v) is 16.6. The van der Waals surface area contributed by atoms with Gasteiger partial charge in [-0.15, -0.1) is 0 Å². The molecule has 2 N–H and O–H groups in total. The van der Waals surface area contributed by atoms with E-state index in [1.165, 1.54) is 5.56 Å². The highest BCUT2D eigenvalue weighted by atomic mass is 16.2. The van der Waals surface area contributed by atoms with E-state index < -0.39 is 0 Å². The number of anilines is 3. The molecule has 3 aromatic carbocycles. The summed E-state index contributed by atoms with van der Waals surface area (Å²) in [7, 11) is 0. The van der Waals surface area contributed by atoms with Gasteiger partial charge in [0.05, 0.1) is 22.6 Å². The topological polar surface area (TPSA) is 61.4 Å². The Morgan fingerprint density at radius 1 is 0.800 bits per heavy atom. The van der Waals surface area contributed by atoms with Crippen molar-refractivity contribution in [3.8, 4) is 0 Å². The van der Waals surface area contributed by atoms with Crippen LogP contribution in [-0.4, -0.2) is 29.8 Å². The van der Waals surface area contributed by atoms with Crippen molar-refractivity contribution in [2.75, 3.05) is 23.7 Å². The summed E-state index contributed by atoms with van der Waals surface area (Å²) >= 11 is 0. The third kappa shape index (κ3) is 3.43. The van der Waals surface area contributed by atoms with Crippen molar-refractivity contribution >= 4 is 28.9 Å². The van der Waals surface area contributed by atoms with Crippen LogP contribution in [0.4, 0.5) is 17.1 Å². The Balaban J connectivity index is 1.32. The molecule has 0 bridgehead atoms. The van der Waals surface area contributed by atoms with Crippen molar-refractivity contribution in [2.24, 2.45) is 0 Å². The number of piperidine rings is 1. The van der Waals surface area contributed by atoms with E-state index in [2.05, 4.69) is 34.9 Å². The van der Waals surface area contributed by atoms with E-state index in [1.807, 2.05) is 41.3 Å². The van der Waals surface area contributed by atoms with Gasteiger partial charge in [-0.3, -0.25) is 9.59 Å². The maximum absolute atomic E-state index is 13.1. The molecule has 0 spiro atoms. The number of hydrogen-bond donors (Lipinski definition) is 2. The van der Waals surface area contributed by atoms with Gasteiger partial charge in [0.2, 0.25) is 0 Å². The minimum Gasteiger partial charge on any atom is -0.353 e. The number of carbonyl (C=O) groups is 2. The lowest BCUT2D eigenvalue weighted by Crippen LogP contribution is -2.37. The maximum Gasteiger partial charge on any atom is 0.257 e. The first-order chi connectivity index (χ1) is 14.7. The molecule has 5 nitrogen and oxygen atoms in total. The van der Waals surface area contributed by atoms with Crippen molar-refractivity contribution in [3.05, 3.63) is 89.5 Å². The highest BCUT2D eigenvalue weighted by molar-refractivity contribution is 6.12. The quantitative estimate of drug-likeness (QED) is 0.639. The van der Waals surface area contributed by atoms with E-state index in [0.29, 0.717) is 22.7 Å². The molecule has 2 amide bonds. The monoisotopic (exact) mass is 397 g/mol. The number of nitrogens with one attached hydrogen (secondary N) is 2. The average Bonchev–Trinajstić information content (AvgIpc) is 2.94. The van der Waals surface area contributed by atoms with E-state index in [9.17, 15) is 9.59 Å². The van der Waals surface area contributed by atoms with Gasteiger partial charge in [0, 0.05) is 18.7 Å². The third-order valence-corrected chi connectivity index (χ3v) is 6.01. The van der Waals surface area contributed by atoms with E-state index in [4.69, 9.17) is 0 Å². The van der Waals surface area contributed by atoms with Crippen molar-refractivity contribution in [1.82, 2.24) is 4.90 Å². The van der Waals surface area contributed by atoms with E-state index >= 15 is 0 Å². The SMILES string of the molecule is O=C1Nc2cc(C(=O)N3CCC(c4ccccc4)CC3)ccc2Nc2ccccc21. The smallest absolute Gasteiger partial charge is 0.257 e. The van der Waals surface area contributed by atoms with Gasteiger partial charge in [-0.1, -0.05) is 42.5 Å². The summed E-state index contributed by atoms with van der Waals surface area (Å²) in [5.41, 5.74) is 4.71. The van der Waals surface area contributed by atoms with Gasteiger partial charge in [0.1, 0.15) is 0 Å². The predicted octanol–water partition coefficient (Wildman–Crippen LogP) is 5.02. The molecule has 0 unspecified atom stereocenters. The molecule has 30 heavy (non-hydrogen) atoms. The zero-order valence-electron chi connectivity index (χ0n) is 16.6. The highest BCUT2D eigenvalue weighted by Crippen LogP contribution is 2.33. The Labute approximate surface area is 175 Å². The fourth-order valence-electron chi connectivity index (χ4n) is 4.34. The van der Waals surface area contributed by atoms with Crippen LogP contribution in [0.15, 0.2) is 72.8 Å². The summed E-state index contributed by atoms with van der Waals surface area (Å²) in [6.07, 6.45) is 1.93. The van der Waals surface area contributed by atoms with Crippen LogP contribution in [0, 0.1) is 0 Å². The van der Waals surface area contributed by atoms with E-state index in [1.54, 1.807) is 12.1 Å². The highest BCUT2D eigenvalue weighted by Gasteiger charge is 2.26. The number of rotatable bonds is 2. The summed E-state index contributed by atoms with van der Waals surface area (Å²) in [6.45, 7) is 1.48. The largest absolute Gasteiger partial charge is 0.353 e. The van der Waals surface area contributed by atoms with Crippen molar-refractivity contribution in [2.45, 2.75) is 18.8 Å². The summed E-state index contributed by atoms with van der Waals surface area (Å²) in [4.78, 5) is 27.6. The van der Waals surface area contributed by atoms with Crippen LogP contribution in [0.3, 0.4) is 0 Å². The van der Waals surface area contributed by atoms with E-state index in [0.717, 1.165) is 37.3 Å². The molecule has 0 radical (unpaired) electrons. The van der Waals surface area contributed by atoms with Crippen LogP contribution >= 0.6 is 0 Å². The van der Waals surface area contributed by atoms with Crippen LogP contribution in [0.1, 0.15) is 45.0 Å². The molecule has 150 valence electrons. The lowest BCUT2D eigenvalue weighted by molar-refractivity contribution is 0.0713. The summed E-state index contributed by atoms with van der Waals surface area (Å²) < 4.78 is 0. The molecule has 5 heteroatoms. The van der Waals surface area contributed by atoms with E-state index in [-0.39, 0.29) is 11.8 Å². The first-order valence-electron chi connectivity index (χ1n) is 10.3. The fourth-order valence-corrected chi connectivity index (χ4v) is 4.34.